The molecule has 25 heavy (non-hydrogen) atoms. The molecule has 132 valence electrons. The third-order valence-corrected chi connectivity index (χ3v) is 4.46. The van der Waals surface area contributed by atoms with Gasteiger partial charge in [0.1, 0.15) is 11.9 Å². The van der Waals surface area contributed by atoms with E-state index >= 15 is 0 Å². The van der Waals surface area contributed by atoms with Gasteiger partial charge in [-0.3, -0.25) is 4.79 Å². The first kappa shape index (κ1) is 18.1. The average Bonchev–Trinajstić information content (AvgIpc) is 2.59. The molecule has 2 aromatic carbocycles. The molecule has 1 aliphatic rings. The van der Waals surface area contributed by atoms with Crippen LogP contribution in [0, 0.1) is 6.92 Å². The number of aryl methyl sites for hydroxylation is 1. The zero-order chi connectivity index (χ0) is 17.8. The number of ether oxygens (including phenoxy) is 2. The number of carbonyl (C=O) groups is 1. The van der Waals surface area contributed by atoms with Crippen LogP contribution in [0.1, 0.15) is 17.2 Å². The van der Waals surface area contributed by atoms with E-state index in [4.69, 9.17) is 32.7 Å². The van der Waals surface area contributed by atoms with Crippen molar-refractivity contribution < 1.29 is 14.3 Å². The van der Waals surface area contributed by atoms with Crippen molar-refractivity contribution in [2.75, 3.05) is 26.3 Å². The van der Waals surface area contributed by atoms with Crippen LogP contribution in [0.5, 0.6) is 5.75 Å². The van der Waals surface area contributed by atoms with Crippen molar-refractivity contribution in [2.45, 2.75) is 13.0 Å². The minimum absolute atomic E-state index is 0.00642. The molecule has 1 heterocycles. The van der Waals surface area contributed by atoms with Gasteiger partial charge in [0, 0.05) is 16.6 Å². The van der Waals surface area contributed by atoms with Gasteiger partial charge < -0.3 is 14.4 Å². The van der Waals surface area contributed by atoms with E-state index < -0.39 is 0 Å². The van der Waals surface area contributed by atoms with Crippen molar-refractivity contribution in [3.63, 3.8) is 0 Å². The lowest BCUT2D eigenvalue weighted by atomic mass is 10.1. The number of hydrogen-bond acceptors (Lipinski definition) is 3. The van der Waals surface area contributed by atoms with Gasteiger partial charge in [-0.05, 0) is 48.4 Å². The maximum atomic E-state index is 12.5. The van der Waals surface area contributed by atoms with Crippen molar-refractivity contribution in [1.82, 2.24) is 4.90 Å². The predicted molar refractivity (Wildman–Crippen MR) is 98.4 cm³/mol. The normalized spacial score (nSPS) is 17.4. The minimum atomic E-state index is -0.243. The quantitative estimate of drug-likeness (QED) is 0.795. The Kier molecular flexibility index (Phi) is 5.84. The fraction of sp³-hybridized carbons (Fsp3) is 0.316. The Morgan fingerprint density at radius 3 is 2.72 bits per heavy atom. The molecule has 0 N–H and O–H groups in total. The van der Waals surface area contributed by atoms with E-state index in [0.717, 1.165) is 11.1 Å². The molecule has 1 saturated heterocycles. The van der Waals surface area contributed by atoms with E-state index in [1.807, 2.05) is 43.3 Å². The highest BCUT2D eigenvalue weighted by atomic mass is 35.5. The Morgan fingerprint density at radius 1 is 1.24 bits per heavy atom. The Hall–Kier alpha value is -1.75. The summed E-state index contributed by atoms with van der Waals surface area (Å²) in [6.07, 6.45) is -0.243. The SMILES string of the molecule is Cc1cccc(OCC(=O)N2CCOC(c3cc(Cl)cc(Cl)c3)C2)c1. The molecule has 4 nitrogen and oxygen atoms in total. The third kappa shape index (κ3) is 4.88. The Morgan fingerprint density at radius 2 is 2.00 bits per heavy atom. The molecule has 1 aliphatic heterocycles. The van der Waals surface area contributed by atoms with E-state index in [1.165, 1.54) is 0 Å². The number of halogens is 2. The van der Waals surface area contributed by atoms with Crippen LogP contribution in [-0.2, 0) is 9.53 Å². The lowest BCUT2D eigenvalue weighted by molar-refractivity contribution is -0.141. The summed E-state index contributed by atoms with van der Waals surface area (Å²) in [6, 6.07) is 12.9. The van der Waals surface area contributed by atoms with Crippen LogP contribution in [0.25, 0.3) is 0 Å². The summed E-state index contributed by atoms with van der Waals surface area (Å²) in [5.41, 5.74) is 1.96. The molecule has 0 aromatic heterocycles. The van der Waals surface area contributed by atoms with Crippen molar-refractivity contribution in [3.05, 3.63) is 63.6 Å². The largest absolute Gasteiger partial charge is 0.484 e. The van der Waals surface area contributed by atoms with E-state index in [0.29, 0.717) is 35.5 Å². The zero-order valence-electron chi connectivity index (χ0n) is 13.9. The number of nitrogens with zero attached hydrogens (tertiary/aromatic N) is 1. The Bertz CT molecular complexity index is 746. The van der Waals surface area contributed by atoms with Gasteiger partial charge in [-0.1, -0.05) is 35.3 Å². The molecule has 0 saturated carbocycles. The maximum Gasteiger partial charge on any atom is 0.260 e. The molecule has 0 radical (unpaired) electrons. The van der Waals surface area contributed by atoms with Gasteiger partial charge in [0.25, 0.3) is 5.91 Å². The first-order valence-electron chi connectivity index (χ1n) is 8.06. The van der Waals surface area contributed by atoms with Crippen LogP contribution in [-0.4, -0.2) is 37.1 Å². The van der Waals surface area contributed by atoms with Crippen LogP contribution < -0.4 is 4.74 Å². The molecule has 0 spiro atoms. The molecular weight excluding hydrogens is 361 g/mol. The van der Waals surface area contributed by atoms with Crippen LogP contribution in [0.15, 0.2) is 42.5 Å². The molecule has 1 fully saturated rings. The summed E-state index contributed by atoms with van der Waals surface area (Å²) in [5.74, 6) is 0.628. The van der Waals surface area contributed by atoms with Gasteiger partial charge in [-0.15, -0.1) is 0 Å². The summed E-state index contributed by atoms with van der Waals surface area (Å²) < 4.78 is 11.4. The fourth-order valence-corrected chi connectivity index (χ4v) is 3.32. The van der Waals surface area contributed by atoms with Crippen LogP contribution >= 0.6 is 23.2 Å². The van der Waals surface area contributed by atoms with E-state index in [1.54, 1.807) is 11.0 Å². The second-order valence-electron chi connectivity index (χ2n) is 6.01. The first-order chi connectivity index (χ1) is 12.0. The Balaban J connectivity index is 1.61. The molecule has 2 aromatic rings. The number of rotatable bonds is 4. The van der Waals surface area contributed by atoms with E-state index in [-0.39, 0.29) is 18.6 Å². The second kappa shape index (κ2) is 8.09. The lowest BCUT2D eigenvalue weighted by Gasteiger charge is -2.33. The lowest BCUT2D eigenvalue weighted by Crippen LogP contribution is -2.44. The molecule has 1 unspecified atom stereocenters. The van der Waals surface area contributed by atoms with E-state index in [9.17, 15) is 4.79 Å². The number of carbonyl (C=O) groups excluding carboxylic acids is 1. The molecule has 0 aliphatic carbocycles. The average molecular weight is 380 g/mol. The fourth-order valence-electron chi connectivity index (χ4n) is 2.78. The van der Waals surface area contributed by atoms with Crippen LogP contribution in [0.3, 0.4) is 0 Å². The maximum absolute atomic E-state index is 12.5. The van der Waals surface area contributed by atoms with Crippen molar-refractivity contribution in [2.24, 2.45) is 0 Å². The van der Waals surface area contributed by atoms with Gasteiger partial charge >= 0.3 is 0 Å². The predicted octanol–water partition coefficient (Wildman–Crippen LogP) is 4.28. The third-order valence-electron chi connectivity index (χ3n) is 4.03. The highest BCUT2D eigenvalue weighted by Gasteiger charge is 2.26. The van der Waals surface area contributed by atoms with Crippen LogP contribution in [0.2, 0.25) is 10.0 Å². The van der Waals surface area contributed by atoms with Crippen LogP contribution in [0.4, 0.5) is 0 Å². The van der Waals surface area contributed by atoms with Gasteiger partial charge in [-0.25, -0.2) is 0 Å². The van der Waals surface area contributed by atoms with Crippen molar-refractivity contribution in [3.8, 4) is 5.75 Å². The number of amides is 1. The van der Waals surface area contributed by atoms with Crippen molar-refractivity contribution in [1.29, 1.82) is 0 Å². The van der Waals surface area contributed by atoms with Crippen molar-refractivity contribution >= 4 is 29.1 Å². The second-order valence-corrected chi connectivity index (χ2v) is 6.88. The van der Waals surface area contributed by atoms with Gasteiger partial charge in [-0.2, -0.15) is 0 Å². The smallest absolute Gasteiger partial charge is 0.260 e. The number of morpholine rings is 1. The standard InChI is InChI=1S/C19H19Cl2NO3/c1-13-3-2-4-17(7-13)25-12-19(23)22-5-6-24-18(11-22)14-8-15(20)10-16(21)9-14/h2-4,7-10,18H,5-6,11-12H2,1H3. The molecule has 1 amide bonds. The monoisotopic (exact) mass is 379 g/mol. The van der Waals surface area contributed by atoms with Gasteiger partial charge in [0.15, 0.2) is 6.61 Å². The van der Waals surface area contributed by atoms with Gasteiger partial charge in [0.2, 0.25) is 0 Å². The summed E-state index contributed by atoms with van der Waals surface area (Å²) in [4.78, 5) is 14.2. The molecule has 6 heteroatoms. The molecular formula is C19H19Cl2NO3. The molecule has 0 bridgehead atoms. The van der Waals surface area contributed by atoms with Gasteiger partial charge in [0.05, 0.1) is 13.2 Å². The molecule has 3 rings (SSSR count). The highest BCUT2D eigenvalue weighted by Crippen LogP contribution is 2.28. The summed E-state index contributed by atoms with van der Waals surface area (Å²) in [7, 11) is 0. The van der Waals surface area contributed by atoms with E-state index in [2.05, 4.69) is 0 Å². The molecule has 1 atom stereocenters. The first-order valence-corrected chi connectivity index (χ1v) is 8.82. The minimum Gasteiger partial charge on any atom is -0.484 e. The zero-order valence-corrected chi connectivity index (χ0v) is 15.4. The number of hydrogen-bond donors (Lipinski definition) is 0. The summed E-state index contributed by atoms with van der Waals surface area (Å²) in [6.45, 7) is 3.45. The topological polar surface area (TPSA) is 38.8 Å². The highest BCUT2D eigenvalue weighted by molar-refractivity contribution is 6.34. The number of benzene rings is 2. The Labute approximate surface area is 157 Å². The summed E-state index contributed by atoms with van der Waals surface area (Å²) >= 11 is 12.1. The summed E-state index contributed by atoms with van der Waals surface area (Å²) in [5, 5.41) is 1.11.